The molecule has 0 saturated heterocycles. The van der Waals surface area contributed by atoms with Crippen molar-refractivity contribution in [1.29, 1.82) is 0 Å². The maximum Gasteiger partial charge on any atom is 0.407 e. The Balaban J connectivity index is 2.65. The Bertz CT molecular complexity index is 583. The minimum atomic E-state index is -1.67. The summed E-state index contributed by atoms with van der Waals surface area (Å²) in [5.74, 6) is -3.99. The molecule has 1 aromatic carbocycles. The van der Waals surface area contributed by atoms with Crippen LogP contribution in [0.15, 0.2) is 18.2 Å². The fraction of sp³-hybridized carbons (Fsp3) is 0.333. The van der Waals surface area contributed by atoms with Gasteiger partial charge >= 0.3 is 12.1 Å². The van der Waals surface area contributed by atoms with Crippen molar-refractivity contribution < 1.29 is 28.2 Å². The summed E-state index contributed by atoms with van der Waals surface area (Å²) in [4.78, 5) is 22.0. The van der Waals surface area contributed by atoms with E-state index in [1.54, 1.807) is 20.8 Å². The summed E-state index contributed by atoms with van der Waals surface area (Å²) in [5.41, 5.74) is -1.47. The van der Waals surface area contributed by atoms with Gasteiger partial charge in [0.25, 0.3) is 0 Å². The number of carbonyl (C=O) groups excluding carboxylic acids is 1. The van der Waals surface area contributed by atoms with Crippen molar-refractivity contribution in [3.05, 3.63) is 41.0 Å². The van der Waals surface area contributed by atoms with Crippen LogP contribution in [0, 0.1) is 11.6 Å². The molecule has 0 aromatic heterocycles. The SMILES string of the molecule is CC(C)(C)OC(=O)NCC=Cc1cc(F)c(C(=O)O)c(F)c1. The largest absolute Gasteiger partial charge is 0.477 e. The van der Waals surface area contributed by atoms with Gasteiger partial charge in [0.05, 0.1) is 0 Å². The lowest BCUT2D eigenvalue weighted by molar-refractivity contribution is 0.0533. The van der Waals surface area contributed by atoms with Gasteiger partial charge in [0.2, 0.25) is 0 Å². The average Bonchev–Trinajstić information content (AvgIpc) is 2.31. The number of benzene rings is 1. The molecule has 0 unspecified atom stereocenters. The van der Waals surface area contributed by atoms with Crippen LogP contribution < -0.4 is 5.32 Å². The maximum absolute atomic E-state index is 13.4. The van der Waals surface area contributed by atoms with Crippen LogP contribution in [0.3, 0.4) is 0 Å². The van der Waals surface area contributed by atoms with E-state index in [1.165, 1.54) is 12.2 Å². The third kappa shape index (κ3) is 5.51. The highest BCUT2D eigenvalue weighted by Crippen LogP contribution is 2.16. The van der Waals surface area contributed by atoms with E-state index in [-0.39, 0.29) is 12.1 Å². The van der Waals surface area contributed by atoms with E-state index in [4.69, 9.17) is 9.84 Å². The van der Waals surface area contributed by atoms with E-state index in [2.05, 4.69) is 5.32 Å². The summed E-state index contributed by atoms with van der Waals surface area (Å²) in [6.45, 7) is 5.26. The van der Waals surface area contributed by atoms with E-state index in [9.17, 15) is 18.4 Å². The zero-order valence-electron chi connectivity index (χ0n) is 12.4. The quantitative estimate of drug-likeness (QED) is 0.895. The number of hydrogen-bond acceptors (Lipinski definition) is 3. The molecule has 1 rings (SSSR count). The van der Waals surface area contributed by atoms with Gasteiger partial charge < -0.3 is 15.2 Å². The van der Waals surface area contributed by atoms with Crippen molar-refractivity contribution in [1.82, 2.24) is 5.32 Å². The second kappa shape index (κ2) is 7.02. The third-order valence-corrected chi connectivity index (χ3v) is 2.35. The highest BCUT2D eigenvalue weighted by atomic mass is 19.1. The summed E-state index contributed by atoms with van der Waals surface area (Å²) < 4.78 is 31.9. The average molecular weight is 313 g/mol. The Kier molecular flexibility index (Phi) is 5.62. The van der Waals surface area contributed by atoms with Crippen LogP contribution in [0.2, 0.25) is 0 Å². The van der Waals surface area contributed by atoms with Crippen molar-refractivity contribution in [3.63, 3.8) is 0 Å². The number of hydrogen-bond donors (Lipinski definition) is 2. The van der Waals surface area contributed by atoms with Crippen LogP contribution in [0.5, 0.6) is 0 Å². The van der Waals surface area contributed by atoms with Crippen molar-refractivity contribution >= 4 is 18.1 Å². The van der Waals surface area contributed by atoms with Gasteiger partial charge in [-0.2, -0.15) is 0 Å². The molecule has 5 nitrogen and oxygen atoms in total. The molecule has 1 amide bonds. The number of carboxylic acids is 1. The smallest absolute Gasteiger partial charge is 0.407 e. The molecule has 0 radical (unpaired) electrons. The van der Waals surface area contributed by atoms with Gasteiger partial charge in [-0.05, 0) is 38.5 Å². The van der Waals surface area contributed by atoms with Crippen LogP contribution in [-0.2, 0) is 4.74 Å². The van der Waals surface area contributed by atoms with E-state index < -0.39 is 34.9 Å². The molecule has 0 saturated carbocycles. The van der Waals surface area contributed by atoms with E-state index in [0.717, 1.165) is 12.1 Å². The molecular formula is C15H17F2NO4. The van der Waals surface area contributed by atoms with Gasteiger partial charge in [0, 0.05) is 6.54 Å². The predicted octanol–water partition coefficient (Wildman–Crippen LogP) is 3.20. The molecule has 22 heavy (non-hydrogen) atoms. The second-order valence-corrected chi connectivity index (χ2v) is 5.45. The number of amides is 1. The van der Waals surface area contributed by atoms with Crippen LogP contribution >= 0.6 is 0 Å². The first-order chi connectivity index (χ1) is 10.1. The Morgan fingerprint density at radius 3 is 2.27 bits per heavy atom. The molecule has 0 bridgehead atoms. The molecule has 1 aromatic rings. The minimum absolute atomic E-state index is 0.0961. The second-order valence-electron chi connectivity index (χ2n) is 5.45. The fourth-order valence-electron chi connectivity index (χ4n) is 1.54. The van der Waals surface area contributed by atoms with Crippen LogP contribution in [0.4, 0.5) is 13.6 Å². The predicted molar refractivity (Wildman–Crippen MR) is 76.6 cm³/mol. The molecule has 0 fully saturated rings. The molecule has 0 aliphatic heterocycles. The monoisotopic (exact) mass is 313 g/mol. The highest BCUT2D eigenvalue weighted by molar-refractivity contribution is 5.88. The Morgan fingerprint density at radius 1 is 1.27 bits per heavy atom. The summed E-state index contributed by atoms with van der Waals surface area (Å²) in [7, 11) is 0. The summed E-state index contributed by atoms with van der Waals surface area (Å²) >= 11 is 0. The molecule has 7 heteroatoms. The molecule has 2 N–H and O–H groups in total. The molecular weight excluding hydrogens is 296 g/mol. The third-order valence-electron chi connectivity index (χ3n) is 2.35. The van der Waals surface area contributed by atoms with E-state index in [0.29, 0.717) is 0 Å². The topological polar surface area (TPSA) is 75.6 Å². The molecule has 0 aliphatic rings. The van der Waals surface area contributed by atoms with Gasteiger partial charge in [0.15, 0.2) is 0 Å². The van der Waals surface area contributed by atoms with Crippen molar-refractivity contribution in [2.24, 2.45) is 0 Å². The Labute approximate surface area is 126 Å². The number of rotatable bonds is 4. The molecule has 0 spiro atoms. The van der Waals surface area contributed by atoms with E-state index >= 15 is 0 Å². The Morgan fingerprint density at radius 2 is 1.82 bits per heavy atom. The van der Waals surface area contributed by atoms with Crippen LogP contribution in [-0.4, -0.2) is 29.3 Å². The fourth-order valence-corrected chi connectivity index (χ4v) is 1.54. The number of ether oxygens (including phenoxy) is 1. The minimum Gasteiger partial charge on any atom is -0.477 e. The number of carbonyl (C=O) groups is 2. The number of aromatic carboxylic acids is 1. The van der Waals surface area contributed by atoms with Gasteiger partial charge in [-0.25, -0.2) is 18.4 Å². The number of halogens is 2. The zero-order valence-corrected chi connectivity index (χ0v) is 12.4. The molecule has 0 heterocycles. The summed E-state index contributed by atoms with van der Waals surface area (Å²) in [6.07, 6.45) is 2.20. The standard InChI is InChI=1S/C15H17F2NO4/c1-15(2,3)22-14(21)18-6-4-5-9-7-10(16)12(13(19)20)11(17)8-9/h4-5,7-8H,6H2,1-3H3,(H,18,21)(H,19,20). The first-order valence-corrected chi connectivity index (χ1v) is 6.46. The normalized spacial score (nSPS) is 11.5. The first kappa shape index (κ1) is 17.6. The molecule has 120 valence electrons. The van der Waals surface area contributed by atoms with Gasteiger partial charge in [-0.3, -0.25) is 0 Å². The van der Waals surface area contributed by atoms with Crippen molar-refractivity contribution in [2.45, 2.75) is 26.4 Å². The lowest BCUT2D eigenvalue weighted by atomic mass is 10.1. The molecule has 0 aliphatic carbocycles. The summed E-state index contributed by atoms with van der Waals surface area (Å²) in [6, 6.07) is 1.80. The first-order valence-electron chi connectivity index (χ1n) is 6.46. The highest BCUT2D eigenvalue weighted by Gasteiger charge is 2.17. The van der Waals surface area contributed by atoms with E-state index in [1.807, 2.05) is 0 Å². The van der Waals surface area contributed by atoms with Crippen molar-refractivity contribution in [2.75, 3.05) is 6.54 Å². The number of nitrogens with one attached hydrogen (secondary N) is 1. The van der Waals surface area contributed by atoms with Gasteiger partial charge in [-0.15, -0.1) is 0 Å². The number of alkyl carbamates (subject to hydrolysis) is 1. The lowest BCUT2D eigenvalue weighted by Crippen LogP contribution is -2.32. The summed E-state index contributed by atoms with van der Waals surface area (Å²) in [5, 5.41) is 11.1. The van der Waals surface area contributed by atoms with Gasteiger partial charge in [-0.1, -0.05) is 12.2 Å². The lowest BCUT2D eigenvalue weighted by Gasteiger charge is -2.19. The number of carboxylic acid groups (broad SMARTS) is 1. The maximum atomic E-state index is 13.4. The van der Waals surface area contributed by atoms with Crippen LogP contribution in [0.1, 0.15) is 36.7 Å². The molecule has 0 atom stereocenters. The van der Waals surface area contributed by atoms with Crippen LogP contribution in [0.25, 0.3) is 6.08 Å². The van der Waals surface area contributed by atoms with Gasteiger partial charge in [0.1, 0.15) is 22.8 Å². The Hall–Kier alpha value is -2.44. The zero-order chi connectivity index (χ0) is 16.9. The van der Waals surface area contributed by atoms with Crippen molar-refractivity contribution in [3.8, 4) is 0 Å².